The first-order valence-corrected chi connectivity index (χ1v) is 5.37. The van der Waals surface area contributed by atoms with Gasteiger partial charge in [-0.3, -0.25) is 14.6 Å². The van der Waals surface area contributed by atoms with E-state index >= 15 is 0 Å². The number of carbonyl (C=O) groups is 2. The van der Waals surface area contributed by atoms with Crippen LogP contribution in [0.15, 0.2) is 24.5 Å². The highest BCUT2D eigenvalue weighted by Crippen LogP contribution is 2.18. The maximum atomic E-state index is 11.6. The Balaban J connectivity index is 2.44. The number of hydrogen-bond acceptors (Lipinski definition) is 3. The van der Waals surface area contributed by atoms with E-state index in [1.165, 1.54) is 0 Å². The molecule has 0 aromatic carbocycles. The molecule has 3 N–H and O–H groups in total. The number of primary amides is 1. The molecule has 0 fully saturated rings. The molecule has 1 rings (SSSR count). The van der Waals surface area contributed by atoms with Crippen LogP contribution in [0.3, 0.4) is 0 Å². The lowest BCUT2D eigenvalue weighted by Gasteiger charge is -2.19. The van der Waals surface area contributed by atoms with Gasteiger partial charge in [-0.15, -0.1) is 0 Å². The molecule has 0 bridgehead atoms. The summed E-state index contributed by atoms with van der Waals surface area (Å²) in [4.78, 5) is 26.6. The van der Waals surface area contributed by atoms with E-state index < -0.39 is 11.3 Å². The zero-order valence-corrected chi connectivity index (χ0v) is 10.1. The highest BCUT2D eigenvalue weighted by atomic mass is 16.2. The molecule has 5 heteroatoms. The molecule has 1 aromatic rings. The van der Waals surface area contributed by atoms with Crippen molar-refractivity contribution >= 4 is 11.8 Å². The summed E-state index contributed by atoms with van der Waals surface area (Å²) < 4.78 is 0. The highest BCUT2D eigenvalue weighted by molar-refractivity contribution is 5.87. The number of nitrogens with zero attached hydrogens (tertiary/aromatic N) is 1. The Bertz CT molecular complexity index is 401. The van der Waals surface area contributed by atoms with Crippen molar-refractivity contribution in [3.63, 3.8) is 0 Å². The topological polar surface area (TPSA) is 85.1 Å². The number of pyridine rings is 1. The molecule has 0 saturated heterocycles. The molecule has 0 spiro atoms. The van der Waals surface area contributed by atoms with Crippen molar-refractivity contribution < 1.29 is 9.59 Å². The Morgan fingerprint density at radius 3 is 2.71 bits per heavy atom. The van der Waals surface area contributed by atoms with E-state index in [0.29, 0.717) is 6.54 Å². The van der Waals surface area contributed by atoms with Gasteiger partial charge in [0.05, 0.1) is 5.41 Å². The van der Waals surface area contributed by atoms with Crippen LogP contribution in [0.5, 0.6) is 0 Å². The van der Waals surface area contributed by atoms with Crippen molar-refractivity contribution in [2.45, 2.75) is 26.8 Å². The molecule has 0 aliphatic rings. The van der Waals surface area contributed by atoms with E-state index in [-0.39, 0.29) is 12.3 Å². The zero-order valence-electron chi connectivity index (χ0n) is 10.1. The molecule has 0 aliphatic carbocycles. The first-order valence-electron chi connectivity index (χ1n) is 5.37. The number of amides is 2. The molecule has 2 amide bonds. The number of nitrogens with two attached hydrogens (primary N) is 1. The highest BCUT2D eigenvalue weighted by Gasteiger charge is 2.27. The number of nitrogens with one attached hydrogen (secondary N) is 1. The van der Waals surface area contributed by atoms with E-state index in [0.717, 1.165) is 5.56 Å². The van der Waals surface area contributed by atoms with Crippen molar-refractivity contribution in [3.8, 4) is 0 Å². The maximum absolute atomic E-state index is 11.6. The van der Waals surface area contributed by atoms with Gasteiger partial charge in [-0.05, 0) is 11.6 Å². The molecule has 1 aromatic heterocycles. The Kier molecular flexibility index (Phi) is 4.20. The molecule has 0 unspecified atom stereocenters. The smallest absolute Gasteiger partial charge is 0.223 e. The molecular weight excluding hydrogens is 218 g/mol. The van der Waals surface area contributed by atoms with Crippen molar-refractivity contribution in [1.29, 1.82) is 0 Å². The number of hydrogen-bond donors (Lipinski definition) is 2. The van der Waals surface area contributed by atoms with Gasteiger partial charge >= 0.3 is 0 Å². The summed E-state index contributed by atoms with van der Waals surface area (Å²) in [6.07, 6.45) is 3.43. The number of carbonyl (C=O) groups excluding carboxylic acids is 2. The average molecular weight is 235 g/mol. The molecule has 17 heavy (non-hydrogen) atoms. The normalized spacial score (nSPS) is 10.9. The van der Waals surface area contributed by atoms with Gasteiger partial charge in [-0.2, -0.15) is 0 Å². The minimum atomic E-state index is -0.820. The quantitative estimate of drug-likeness (QED) is 0.783. The third-order valence-electron chi connectivity index (χ3n) is 2.48. The molecule has 1 heterocycles. The predicted octanol–water partition coefficient (Wildman–Crippen LogP) is 0.599. The molecule has 0 radical (unpaired) electrons. The largest absolute Gasteiger partial charge is 0.369 e. The van der Waals surface area contributed by atoms with Crippen LogP contribution >= 0.6 is 0 Å². The van der Waals surface area contributed by atoms with Crippen molar-refractivity contribution in [1.82, 2.24) is 10.3 Å². The third-order valence-corrected chi connectivity index (χ3v) is 2.48. The molecule has 0 atom stereocenters. The second kappa shape index (κ2) is 5.43. The van der Waals surface area contributed by atoms with Crippen LogP contribution in [0, 0.1) is 5.41 Å². The van der Waals surface area contributed by atoms with Gasteiger partial charge in [0, 0.05) is 25.4 Å². The van der Waals surface area contributed by atoms with Gasteiger partial charge in [0.25, 0.3) is 0 Å². The lowest BCUT2D eigenvalue weighted by molar-refractivity contribution is -0.132. The van der Waals surface area contributed by atoms with Crippen LogP contribution in [-0.4, -0.2) is 16.8 Å². The van der Waals surface area contributed by atoms with Crippen molar-refractivity contribution in [2.75, 3.05) is 0 Å². The van der Waals surface area contributed by atoms with E-state index in [1.807, 2.05) is 6.07 Å². The summed E-state index contributed by atoms with van der Waals surface area (Å²) in [5.41, 5.74) is 5.29. The Hall–Kier alpha value is -1.91. The SMILES string of the molecule is CC(C)(CC(=O)NCc1cccnc1)C(N)=O. The second-order valence-electron chi connectivity index (χ2n) is 4.56. The fraction of sp³-hybridized carbons (Fsp3) is 0.417. The monoisotopic (exact) mass is 235 g/mol. The Morgan fingerprint density at radius 1 is 1.47 bits per heavy atom. The minimum absolute atomic E-state index is 0.0859. The number of aromatic nitrogens is 1. The van der Waals surface area contributed by atoms with E-state index in [4.69, 9.17) is 5.73 Å². The van der Waals surface area contributed by atoms with Gasteiger partial charge in [0.1, 0.15) is 0 Å². The van der Waals surface area contributed by atoms with Crippen LogP contribution in [0.1, 0.15) is 25.8 Å². The molecular formula is C12H17N3O2. The summed E-state index contributed by atoms with van der Waals surface area (Å²) in [5, 5.41) is 2.72. The fourth-order valence-electron chi connectivity index (χ4n) is 1.25. The predicted molar refractivity (Wildman–Crippen MR) is 63.7 cm³/mol. The fourth-order valence-corrected chi connectivity index (χ4v) is 1.25. The summed E-state index contributed by atoms with van der Waals surface area (Å²) in [6, 6.07) is 3.67. The summed E-state index contributed by atoms with van der Waals surface area (Å²) in [7, 11) is 0. The second-order valence-corrected chi connectivity index (χ2v) is 4.56. The molecule has 5 nitrogen and oxygen atoms in total. The first kappa shape index (κ1) is 13.2. The Morgan fingerprint density at radius 2 is 2.18 bits per heavy atom. The maximum Gasteiger partial charge on any atom is 0.223 e. The van der Waals surface area contributed by atoms with Crippen LogP contribution in [0.4, 0.5) is 0 Å². The van der Waals surface area contributed by atoms with Gasteiger partial charge in [0.2, 0.25) is 11.8 Å². The van der Waals surface area contributed by atoms with E-state index in [2.05, 4.69) is 10.3 Å². The van der Waals surface area contributed by atoms with Gasteiger partial charge in [-0.1, -0.05) is 19.9 Å². The van der Waals surface area contributed by atoms with Gasteiger partial charge in [0.15, 0.2) is 0 Å². The van der Waals surface area contributed by atoms with Crippen LogP contribution < -0.4 is 11.1 Å². The molecule has 0 saturated carbocycles. The summed E-state index contributed by atoms with van der Waals surface area (Å²) >= 11 is 0. The van der Waals surface area contributed by atoms with Crippen LogP contribution in [-0.2, 0) is 16.1 Å². The van der Waals surface area contributed by atoms with Crippen LogP contribution in [0.25, 0.3) is 0 Å². The van der Waals surface area contributed by atoms with Crippen LogP contribution in [0.2, 0.25) is 0 Å². The Labute approximate surface area is 100 Å². The van der Waals surface area contributed by atoms with E-state index in [1.54, 1.807) is 32.3 Å². The summed E-state index contributed by atoms with van der Waals surface area (Å²) in [5.74, 6) is -0.674. The van der Waals surface area contributed by atoms with E-state index in [9.17, 15) is 9.59 Å². The lowest BCUT2D eigenvalue weighted by Crippen LogP contribution is -2.37. The van der Waals surface area contributed by atoms with Gasteiger partial charge < -0.3 is 11.1 Å². The average Bonchev–Trinajstić information content (AvgIpc) is 2.27. The first-order chi connectivity index (χ1) is 7.92. The molecule has 92 valence electrons. The summed E-state index contributed by atoms with van der Waals surface area (Å²) in [6.45, 7) is 3.71. The lowest BCUT2D eigenvalue weighted by atomic mass is 9.88. The molecule has 0 aliphatic heterocycles. The third kappa shape index (κ3) is 4.22. The number of rotatable bonds is 5. The standard InChI is InChI=1S/C12H17N3O2/c1-12(2,11(13)17)6-10(16)15-8-9-4-3-5-14-7-9/h3-5,7H,6,8H2,1-2H3,(H2,13,17)(H,15,16). The van der Waals surface area contributed by atoms with Crippen molar-refractivity contribution in [3.05, 3.63) is 30.1 Å². The van der Waals surface area contributed by atoms with Crippen molar-refractivity contribution in [2.24, 2.45) is 11.1 Å². The zero-order chi connectivity index (χ0) is 12.9. The van der Waals surface area contributed by atoms with Gasteiger partial charge in [-0.25, -0.2) is 0 Å². The minimum Gasteiger partial charge on any atom is -0.369 e.